The Hall–Kier alpha value is -3.33. The molecule has 4 rings (SSSR count). The lowest BCUT2D eigenvalue weighted by Crippen LogP contribution is -2.35. The number of nitrogens with zero attached hydrogens (tertiary/aromatic N) is 5. The lowest BCUT2D eigenvalue weighted by atomic mass is 10.1. The smallest absolute Gasteiger partial charge is 0.274 e. The summed E-state index contributed by atoms with van der Waals surface area (Å²) in [6, 6.07) is 6.99. The van der Waals surface area contributed by atoms with Gasteiger partial charge in [0.05, 0.1) is 11.7 Å². The van der Waals surface area contributed by atoms with Crippen LogP contribution in [0.2, 0.25) is 0 Å². The summed E-state index contributed by atoms with van der Waals surface area (Å²) in [5.74, 6) is 0.684. The molecule has 2 atom stereocenters. The van der Waals surface area contributed by atoms with Gasteiger partial charge in [0.15, 0.2) is 5.69 Å². The molecule has 0 aliphatic carbocycles. The van der Waals surface area contributed by atoms with Gasteiger partial charge in [0.2, 0.25) is 5.88 Å². The van der Waals surface area contributed by atoms with Crippen LogP contribution in [0.5, 0.6) is 5.88 Å². The zero-order chi connectivity index (χ0) is 21.3. The summed E-state index contributed by atoms with van der Waals surface area (Å²) >= 11 is 0. The third-order valence-electron chi connectivity index (χ3n) is 5.21. The maximum absolute atomic E-state index is 12.6. The first-order chi connectivity index (χ1) is 14.4. The van der Waals surface area contributed by atoms with Gasteiger partial charge in [-0.2, -0.15) is 0 Å². The van der Waals surface area contributed by atoms with Crippen molar-refractivity contribution in [2.75, 3.05) is 6.54 Å². The molecule has 0 spiro atoms. The van der Waals surface area contributed by atoms with E-state index in [2.05, 4.69) is 20.3 Å². The highest BCUT2D eigenvalue weighted by molar-refractivity contribution is 5.92. The van der Waals surface area contributed by atoms with Gasteiger partial charge in [-0.15, -0.1) is 10.2 Å². The Bertz CT molecular complexity index is 1030. The Morgan fingerprint density at radius 3 is 2.73 bits per heavy atom. The molecule has 1 aliphatic heterocycles. The molecule has 4 heterocycles. The summed E-state index contributed by atoms with van der Waals surface area (Å²) in [4.78, 5) is 18.5. The van der Waals surface area contributed by atoms with E-state index in [1.54, 1.807) is 23.2 Å². The minimum Gasteiger partial charge on any atom is -0.472 e. The first-order valence-electron chi connectivity index (χ1n) is 9.76. The van der Waals surface area contributed by atoms with Crippen molar-refractivity contribution < 1.29 is 19.2 Å². The van der Waals surface area contributed by atoms with Crippen molar-refractivity contribution in [3.63, 3.8) is 0 Å². The van der Waals surface area contributed by atoms with E-state index < -0.39 is 6.10 Å². The van der Waals surface area contributed by atoms with E-state index in [-0.39, 0.29) is 30.1 Å². The fourth-order valence-electron chi connectivity index (χ4n) is 3.49. The summed E-state index contributed by atoms with van der Waals surface area (Å²) in [6.45, 7) is 6.14. The number of aromatic nitrogens is 4. The normalized spacial score (nSPS) is 18.6. The monoisotopic (exact) mass is 409 g/mol. The van der Waals surface area contributed by atoms with E-state index in [0.717, 1.165) is 16.8 Å². The third-order valence-corrected chi connectivity index (χ3v) is 5.21. The van der Waals surface area contributed by atoms with E-state index in [0.29, 0.717) is 24.4 Å². The number of aliphatic hydroxyl groups excluding tert-OH is 1. The van der Waals surface area contributed by atoms with Crippen molar-refractivity contribution in [3.05, 3.63) is 53.2 Å². The topological polar surface area (TPSA) is 114 Å². The van der Waals surface area contributed by atoms with Crippen LogP contribution in [-0.4, -0.2) is 54.9 Å². The van der Waals surface area contributed by atoms with Crippen LogP contribution in [0.15, 0.2) is 35.0 Å². The molecule has 1 saturated heterocycles. The van der Waals surface area contributed by atoms with E-state index in [9.17, 15) is 9.90 Å². The first kappa shape index (κ1) is 20.0. The number of aliphatic hydroxyl groups is 1. The van der Waals surface area contributed by atoms with Gasteiger partial charge in [0.25, 0.3) is 5.91 Å². The molecule has 1 fully saturated rings. The van der Waals surface area contributed by atoms with Crippen LogP contribution in [0, 0.1) is 13.8 Å². The summed E-state index contributed by atoms with van der Waals surface area (Å²) in [5.41, 5.74) is 3.43. The quantitative estimate of drug-likeness (QED) is 0.683. The average Bonchev–Trinajstić information content (AvgIpc) is 3.28. The predicted molar refractivity (Wildman–Crippen MR) is 107 cm³/mol. The molecule has 30 heavy (non-hydrogen) atoms. The summed E-state index contributed by atoms with van der Waals surface area (Å²) in [5, 5.41) is 21.9. The van der Waals surface area contributed by atoms with E-state index in [1.807, 2.05) is 32.9 Å². The molecule has 156 valence electrons. The van der Waals surface area contributed by atoms with Crippen molar-refractivity contribution in [2.45, 2.75) is 45.9 Å². The molecule has 3 aromatic rings. The number of hydrogen-bond acceptors (Lipinski definition) is 8. The fourth-order valence-corrected chi connectivity index (χ4v) is 3.49. The Morgan fingerprint density at radius 1 is 1.27 bits per heavy atom. The highest BCUT2D eigenvalue weighted by Gasteiger charge is 2.32. The number of carbonyl (C=O) groups excluding carboxylic acids is 1. The molecule has 0 saturated carbocycles. The highest BCUT2D eigenvalue weighted by atomic mass is 16.5. The molecule has 0 aromatic carbocycles. The summed E-state index contributed by atoms with van der Waals surface area (Å²) in [7, 11) is 0. The molecular formula is C21H23N5O4. The number of carbonyl (C=O) groups is 1. The second kappa shape index (κ2) is 8.19. The second-order valence-corrected chi connectivity index (χ2v) is 7.50. The average molecular weight is 409 g/mol. The van der Waals surface area contributed by atoms with Crippen LogP contribution in [0.25, 0.3) is 11.3 Å². The van der Waals surface area contributed by atoms with Crippen LogP contribution >= 0.6 is 0 Å². The number of aryl methyl sites for hydroxylation is 2. The van der Waals surface area contributed by atoms with Gasteiger partial charge >= 0.3 is 0 Å². The molecule has 9 heteroatoms. The number of amides is 1. The minimum absolute atomic E-state index is 0.0310. The SMILES string of the molecule is Cc1ccc(-c2noc(C)c2COc2ccc(C(=O)N3C[C@@H](O)C[C@H]3C)nn2)cn1. The van der Waals surface area contributed by atoms with Gasteiger partial charge in [-0.3, -0.25) is 9.78 Å². The first-order valence-corrected chi connectivity index (χ1v) is 9.76. The summed E-state index contributed by atoms with van der Waals surface area (Å²) < 4.78 is 11.1. The summed E-state index contributed by atoms with van der Waals surface area (Å²) in [6.07, 6.45) is 1.81. The predicted octanol–water partition coefficient (Wildman–Crippen LogP) is 2.32. The lowest BCUT2D eigenvalue weighted by molar-refractivity contribution is 0.0718. The largest absolute Gasteiger partial charge is 0.472 e. The number of ether oxygens (including phenoxy) is 1. The van der Waals surface area contributed by atoms with Gasteiger partial charge in [0.1, 0.15) is 18.1 Å². The number of likely N-dealkylation sites (tertiary alicyclic amines) is 1. The van der Waals surface area contributed by atoms with Crippen LogP contribution in [0.1, 0.15) is 40.9 Å². The molecule has 1 amide bonds. The van der Waals surface area contributed by atoms with Crippen molar-refractivity contribution in [1.29, 1.82) is 0 Å². The number of β-amino-alcohol motifs (C(OH)–C–C–N with tert-alkyl or cyclic N) is 1. The van der Waals surface area contributed by atoms with Crippen molar-refractivity contribution in [3.8, 4) is 17.1 Å². The number of pyridine rings is 1. The van der Waals surface area contributed by atoms with Gasteiger partial charge in [-0.05, 0) is 45.4 Å². The molecule has 0 unspecified atom stereocenters. The molecular weight excluding hydrogens is 386 g/mol. The Morgan fingerprint density at radius 2 is 2.10 bits per heavy atom. The molecule has 0 radical (unpaired) electrons. The number of rotatable bonds is 5. The van der Waals surface area contributed by atoms with Crippen molar-refractivity contribution in [1.82, 2.24) is 25.2 Å². The van der Waals surface area contributed by atoms with E-state index in [1.165, 1.54) is 0 Å². The standard InChI is InChI=1S/C21H23N5O4/c1-12-4-5-15(9-22-12)20-17(14(3)30-25-20)11-29-19-7-6-18(23-24-19)21(28)26-10-16(27)8-13(26)2/h4-7,9,13,16,27H,8,10-11H2,1-3H3/t13-,16+/m1/s1. The van der Waals surface area contributed by atoms with Gasteiger partial charge in [-0.25, -0.2) is 0 Å². The van der Waals surface area contributed by atoms with Crippen LogP contribution in [0.3, 0.4) is 0 Å². The third kappa shape index (κ3) is 4.02. The zero-order valence-corrected chi connectivity index (χ0v) is 17.1. The second-order valence-electron chi connectivity index (χ2n) is 7.50. The van der Waals surface area contributed by atoms with Crippen molar-refractivity contribution in [2.24, 2.45) is 0 Å². The van der Waals surface area contributed by atoms with Crippen LogP contribution in [-0.2, 0) is 6.61 Å². The maximum Gasteiger partial charge on any atom is 0.274 e. The Balaban J connectivity index is 1.45. The minimum atomic E-state index is -0.496. The molecule has 0 bridgehead atoms. The molecule has 1 aliphatic rings. The van der Waals surface area contributed by atoms with E-state index in [4.69, 9.17) is 9.26 Å². The lowest BCUT2D eigenvalue weighted by Gasteiger charge is -2.20. The van der Waals surface area contributed by atoms with Gasteiger partial charge in [0, 0.05) is 36.1 Å². The molecule has 9 nitrogen and oxygen atoms in total. The van der Waals surface area contributed by atoms with E-state index >= 15 is 0 Å². The molecule has 3 aromatic heterocycles. The maximum atomic E-state index is 12.6. The molecule has 1 N–H and O–H groups in total. The highest BCUT2D eigenvalue weighted by Crippen LogP contribution is 2.26. The Kier molecular flexibility index (Phi) is 5.45. The van der Waals surface area contributed by atoms with Gasteiger partial charge in [-0.1, -0.05) is 5.16 Å². The Labute approximate surface area is 173 Å². The zero-order valence-electron chi connectivity index (χ0n) is 17.1. The number of hydrogen-bond donors (Lipinski definition) is 1. The van der Waals surface area contributed by atoms with Crippen LogP contribution in [0.4, 0.5) is 0 Å². The van der Waals surface area contributed by atoms with Crippen molar-refractivity contribution >= 4 is 5.91 Å². The van der Waals surface area contributed by atoms with Gasteiger partial charge < -0.3 is 19.3 Å². The fraction of sp³-hybridized carbons (Fsp3) is 0.381. The van der Waals surface area contributed by atoms with Crippen LogP contribution < -0.4 is 4.74 Å².